The lowest BCUT2D eigenvalue weighted by Crippen LogP contribution is -2.00. The molecule has 0 aliphatic rings. The van der Waals surface area contributed by atoms with Crippen molar-refractivity contribution in [1.29, 1.82) is 0 Å². The SMILES string of the molecule is Cn1ccc(C(=O)CSc2ncco2)c1. The molecule has 0 N–H and O–H groups in total. The van der Waals surface area contributed by atoms with Crippen molar-refractivity contribution in [2.75, 3.05) is 5.75 Å². The molecule has 15 heavy (non-hydrogen) atoms. The highest BCUT2D eigenvalue weighted by Gasteiger charge is 2.09. The Balaban J connectivity index is 1.93. The highest BCUT2D eigenvalue weighted by atomic mass is 32.2. The molecule has 0 atom stereocenters. The molecule has 0 aromatic carbocycles. The van der Waals surface area contributed by atoms with E-state index in [1.807, 2.05) is 17.8 Å². The van der Waals surface area contributed by atoms with E-state index in [2.05, 4.69) is 4.98 Å². The number of hydrogen-bond acceptors (Lipinski definition) is 4. The van der Waals surface area contributed by atoms with E-state index in [9.17, 15) is 4.79 Å². The van der Waals surface area contributed by atoms with Crippen molar-refractivity contribution in [3.8, 4) is 0 Å². The molecule has 0 aliphatic carbocycles. The van der Waals surface area contributed by atoms with Gasteiger partial charge >= 0.3 is 0 Å². The van der Waals surface area contributed by atoms with Gasteiger partial charge in [0.25, 0.3) is 5.22 Å². The van der Waals surface area contributed by atoms with Crippen LogP contribution in [0, 0.1) is 0 Å². The first-order valence-corrected chi connectivity index (χ1v) is 5.42. The Kier molecular flexibility index (Phi) is 2.91. The Morgan fingerprint density at radius 1 is 1.67 bits per heavy atom. The van der Waals surface area contributed by atoms with Crippen LogP contribution in [0.2, 0.25) is 0 Å². The van der Waals surface area contributed by atoms with Gasteiger partial charge in [-0.2, -0.15) is 0 Å². The van der Waals surface area contributed by atoms with E-state index in [0.29, 0.717) is 11.0 Å². The molecule has 0 bridgehead atoms. The van der Waals surface area contributed by atoms with Crippen molar-refractivity contribution in [1.82, 2.24) is 9.55 Å². The van der Waals surface area contributed by atoms with Gasteiger partial charge in [0.15, 0.2) is 5.78 Å². The first kappa shape index (κ1) is 10.0. The van der Waals surface area contributed by atoms with E-state index in [-0.39, 0.29) is 5.78 Å². The van der Waals surface area contributed by atoms with Crippen LogP contribution in [-0.4, -0.2) is 21.1 Å². The number of hydrogen-bond donors (Lipinski definition) is 0. The van der Waals surface area contributed by atoms with Crippen molar-refractivity contribution in [2.45, 2.75) is 5.22 Å². The third kappa shape index (κ3) is 2.50. The van der Waals surface area contributed by atoms with E-state index in [4.69, 9.17) is 4.42 Å². The maximum Gasteiger partial charge on any atom is 0.255 e. The number of carbonyl (C=O) groups excluding carboxylic acids is 1. The highest BCUT2D eigenvalue weighted by molar-refractivity contribution is 7.99. The first-order chi connectivity index (χ1) is 7.25. The van der Waals surface area contributed by atoms with Crippen molar-refractivity contribution < 1.29 is 9.21 Å². The van der Waals surface area contributed by atoms with E-state index < -0.39 is 0 Å². The van der Waals surface area contributed by atoms with Gasteiger partial charge < -0.3 is 8.98 Å². The topological polar surface area (TPSA) is 48.0 Å². The molecule has 0 aliphatic heterocycles. The van der Waals surface area contributed by atoms with E-state index >= 15 is 0 Å². The summed E-state index contributed by atoms with van der Waals surface area (Å²) in [6.07, 6.45) is 6.71. The fourth-order valence-corrected chi connectivity index (χ4v) is 1.84. The summed E-state index contributed by atoms with van der Waals surface area (Å²) < 4.78 is 6.87. The van der Waals surface area contributed by atoms with Crippen LogP contribution >= 0.6 is 11.8 Å². The Hall–Kier alpha value is -1.49. The molecular formula is C10H10N2O2S. The molecule has 0 fully saturated rings. The standard InChI is InChI=1S/C10H10N2O2S/c1-12-4-2-8(6-12)9(13)7-15-10-11-3-5-14-10/h2-6H,7H2,1H3. The second-order valence-corrected chi connectivity index (χ2v) is 4.00. The monoisotopic (exact) mass is 222 g/mol. The van der Waals surface area contributed by atoms with E-state index in [1.165, 1.54) is 18.0 Å². The summed E-state index contributed by atoms with van der Waals surface area (Å²) in [7, 11) is 1.89. The van der Waals surface area contributed by atoms with Crippen LogP contribution in [-0.2, 0) is 7.05 Å². The number of ketones is 1. The van der Waals surface area contributed by atoms with Crippen molar-refractivity contribution >= 4 is 17.5 Å². The number of rotatable bonds is 4. The molecule has 0 saturated carbocycles. The van der Waals surface area contributed by atoms with Crippen LogP contribution in [0.3, 0.4) is 0 Å². The van der Waals surface area contributed by atoms with Gasteiger partial charge in [-0.05, 0) is 6.07 Å². The molecule has 2 heterocycles. The maximum atomic E-state index is 11.6. The number of aromatic nitrogens is 2. The van der Waals surface area contributed by atoms with Crippen molar-refractivity contribution in [3.05, 3.63) is 36.5 Å². The van der Waals surface area contributed by atoms with Gasteiger partial charge in [-0.3, -0.25) is 4.79 Å². The molecule has 0 radical (unpaired) electrons. The molecule has 2 aromatic heterocycles. The van der Waals surface area contributed by atoms with Crippen LogP contribution < -0.4 is 0 Å². The maximum absolute atomic E-state index is 11.6. The summed E-state index contributed by atoms with van der Waals surface area (Å²) in [4.78, 5) is 15.6. The smallest absolute Gasteiger partial charge is 0.255 e. The predicted octanol–water partition coefficient (Wildman–Crippen LogP) is 1.99. The van der Waals surface area contributed by atoms with Crippen LogP contribution in [0.15, 0.2) is 40.6 Å². The molecule has 2 aromatic rings. The predicted molar refractivity (Wildman–Crippen MR) is 57.0 cm³/mol. The number of thioether (sulfide) groups is 1. The lowest BCUT2D eigenvalue weighted by molar-refractivity contribution is 0.102. The molecule has 0 spiro atoms. The van der Waals surface area contributed by atoms with Crippen LogP contribution in [0.4, 0.5) is 0 Å². The minimum absolute atomic E-state index is 0.0822. The number of carbonyl (C=O) groups is 1. The number of oxazole rings is 1. The molecule has 78 valence electrons. The summed E-state index contributed by atoms with van der Waals surface area (Å²) in [5.74, 6) is 0.434. The number of nitrogens with zero attached hydrogens (tertiary/aromatic N) is 2. The third-order valence-corrected chi connectivity index (χ3v) is 2.75. The van der Waals surface area contributed by atoms with Crippen LogP contribution in [0.1, 0.15) is 10.4 Å². The Bertz CT molecular complexity index is 448. The Morgan fingerprint density at radius 3 is 3.13 bits per heavy atom. The highest BCUT2D eigenvalue weighted by Crippen LogP contribution is 2.16. The van der Waals surface area contributed by atoms with Crippen molar-refractivity contribution in [2.24, 2.45) is 7.05 Å². The van der Waals surface area contributed by atoms with Crippen LogP contribution in [0.5, 0.6) is 0 Å². The second-order valence-electron chi connectivity index (χ2n) is 3.08. The zero-order chi connectivity index (χ0) is 10.7. The molecule has 0 unspecified atom stereocenters. The van der Waals surface area contributed by atoms with Gasteiger partial charge in [0.2, 0.25) is 0 Å². The first-order valence-electron chi connectivity index (χ1n) is 4.43. The minimum atomic E-state index is 0.0822. The van der Waals surface area contributed by atoms with E-state index in [0.717, 1.165) is 5.56 Å². The summed E-state index contributed by atoms with van der Waals surface area (Å²) in [5.41, 5.74) is 0.719. The summed E-state index contributed by atoms with van der Waals surface area (Å²) in [6, 6.07) is 1.80. The van der Waals surface area contributed by atoms with Crippen LogP contribution in [0.25, 0.3) is 0 Å². The quantitative estimate of drug-likeness (QED) is 0.586. The number of aryl methyl sites for hydroxylation is 1. The Labute approximate surface area is 91.3 Å². The largest absolute Gasteiger partial charge is 0.440 e. The molecule has 4 nitrogen and oxygen atoms in total. The molecule has 0 amide bonds. The van der Waals surface area contributed by atoms with Gasteiger partial charge in [0, 0.05) is 25.0 Å². The summed E-state index contributed by atoms with van der Waals surface area (Å²) in [5, 5.41) is 0.527. The van der Waals surface area contributed by atoms with Gasteiger partial charge in [-0.15, -0.1) is 0 Å². The molecule has 0 saturated heterocycles. The lowest BCUT2D eigenvalue weighted by atomic mass is 10.2. The second kappa shape index (κ2) is 4.35. The van der Waals surface area contributed by atoms with E-state index in [1.54, 1.807) is 18.5 Å². The third-order valence-electron chi connectivity index (χ3n) is 1.89. The van der Waals surface area contributed by atoms with Crippen molar-refractivity contribution in [3.63, 3.8) is 0 Å². The fourth-order valence-electron chi connectivity index (χ4n) is 1.16. The summed E-state index contributed by atoms with van der Waals surface area (Å²) in [6.45, 7) is 0. The average Bonchev–Trinajstić information content (AvgIpc) is 2.84. The number of Topliss-reactive ketones (excluding diaryl/α,β-unsaturated/α-hetero) is 1. The molecule has 2 rings (SSSR count). The molecular weight excluding hydrogens is 212 g/mol. The van der Waals surface area contributed by atoms with Gasteiger partial charge in [0.05, 0.1) is 11.9 Å². The normalized spacial score (nSPS) is 10.5. The van der Waals surface area contributed by atoms with Gasteiger partial charge in [-0.1, -0.05) is 11.8 Å². The Morgan fingerprint density at radius 2 is 2.53 bits per heavy atom. The molecule has 5 heteroatoms. The zero-order valence-electron chi connectivity index (χ0n) is 8.21. The average molecular weight is 222 g/mol. The van der Waals surface area contributed by atoms with Gasteiger partial charge in [-0.25, -0.2) is 4.98 Å². The van der Waals surface area contributed by atoms with Gasteiger partial charge in [0.1, 0.15) is 6.26 Å². The minimum Gasteiger partial charge on any atom is -0.440 e. The zero-order valence-corrected chi connectivity index (χ0v) is 9.03. The summed E-state index contributed by atoms with van der Waals surface area (Å²) >= 11 is 1.30. The fraction of sp³-hybridized carbons (Fsp3) is 0.200. The lowest BCUT2D eigenvalue weighted by Gasteiger charge is -1.94.